The van der Waals surface area contributed by atoms with E-state index in [0.29, 0.717) is 11.0 Å². The summed E-state index contributed by atoms with van der Waals surface area (Å²) in [6.45, 7) is 15.5. The van der Waals surface area contributed by atoms with Crippen LogP contribution in [0, 0.1) is 16.7 Å². The molecular formula is C22H43N2O3+. The van der Waals surface area contributed by atoms with Crippen LogP contribution in [0.15, 0.2) is 0 Å². The molecule has 0 saturated heterocycles. The lowest BCUT2D eigenvalue weighted by Crippen LogP contribution is -2.55. The van der Waals surface area contributed by atoms with Gasteiger partial charge in [0.2, 0.25) is 5.91 Å². The Morgan fingerprint density at radius 1 is 0.963 bits per heavy atom. The zero-order valence-corrected chi connectivity index (χ0v) is 19.4. The number of carbonyl (C=O) groups excluding carboxylic acids is 2. The van der Waals surface area contributed by atoms with Gasteiger partial charge in [-0.05, 0) is 37.0 Å². The van der Waals surface area contributed by atoms with Crippen molar-refractivity contribution in [2.24, 2.45) is 16.7 Å². The number of hydrogen-bond donors (Lipinski definition) is 1. The van der Waals surface area contributed by atoms with E-state index in [2.05, 4.69) is 39.9 Å². The Bertz CT molecular complexity index is 528. The summed E-state index contributed by atoms with van der Waals surface area (Å²) in [4.78, 5) is 25.0. The van der Waals surface area contributed by atoms with Gasteiger partial charge in [-0.3, -0.25) is 9.59 Å². The van der Waals surface area contributed by atoms with Crippen LogP contribution in [0.4, 0.5) is 0 Å². The molecule has 1 aliphatic rings. The third-order valence-corrected chi connectivity index (χ3v) is 5.05. The molecule has 0 bridgehead atoms. The number of nitrogens with one attached hydrogen (secondary N) is 1. The molecule has 0 aromatic carbocycles. The number of hydrogen-bond acceptors (Lipinski definition) is 3. The molecule has 0 unspecified atom stereocenters. The molecule has 0 aliphatic heterocycles. The van der Waals surface area contributed by atoms with E-state index < -0.39 is 6.10 Å². The van der Waals surface area contributed by atoms with E-state index in [9.17, 15) is 9.59 Å². The molecule has 1 saturated carbocycles. The molecule has 1 fully saturated rings. The molecule has 0 aromatic heterocycles. The van der Waals surface area contributed by atoms with E-state index in [0.717, 1.165) is 19.3 Å². The molecule has 1 amide bonds. The van der Waals surface area contributed by atoms with Gasteiger partial charge in [0.1, 0.15) is 6.54 Å². The van der Waals surface area contributed by atoms with Crippen LogP contribution in [0.5, 0.6) is 0 Å². The van der Waals surface area contributed by atoms with Crippen LogP contribution in [0.25, 0.3) is 0 Å². The highest BCUT2D eigenvalue weighted by molar-refractivity contribution is 5.78. The maximum absolute atomic E-state index is 12.9. The minimum atomic E-state index is -0.409. The monoisotopic (exact) mass is 383 g/mol. The van der Waals surface area contributed by atoms with E-state index in [-0.39, 0.29) is 40.6 Å². The molecule has 0 heterocycles. The van der Waals surface area contributed by atoms with E-state index >= 15 is 0 Å². The number of likely N-dealkylation sites (N-methyl/N-ethyl adjacent to an activating group) is 1. The summed E-state index contributed by atoms with van der Waals surface area (Å²) in [6.07, 6.45) is 2.88. The minimum Gasteiger partial charge on any atom is -0.456 e. The first-order valence-electron chi connectivity index (χ1n) is 10.2. The molecule has 5 nitrogen and oxygen atoms in total. The van der Waals surface area contributed by atoms with Crippen LogP contribution in [0.1, 0.15) is 74.1 Å². The Kier molecular flexibility index (Phi) is 7.18. The Morgan fingerprint density at radius 2 is 1.44 bits per heavy atom. The number of carbonyl (C=O) groups is 2. The topological polar surface area (TPSA) is 55.4 Å². The second-order valence-corrected chi connectivity index (χ2v) is 11.9. The molecule has 5 heteroatoms. The van der Waals surface area contributed by atoms with Crippen LogP contribution in [0.2, 0.25) is 0 Å². The van der Waals surface area contributed by atoms with Crippen molar-refractivity contribution in [3.63, 3.8) is 0 Å². The molecule has 1 atom stereocenters. The first-order chi connectivity index (χ1) is 11.9. The maximum Gasteiger partial charge on any atom is 0.308 e. The third kappa shape index (κ3) is 8.63. The fourth-order valence-corrected chi connectivity index (χ4v) is 5.33. The smallest absolute Gasteiger partial charge is 0.308 e. The highest BCUT2D eigenvalue weighted by atomic mass is 16.5. The number of rotatable bonds is 7. The van der Waals surface area contributed by atoms with E-state index in [1.54, 1.807) is 0 Å². The van der Waals surface area contributed by atoms with Gasteiger partial charge < -0.3 is 14.5 Å². The molecule has 1 aliphatic carbocycles. The van der Waals surface area contributed by atoms with Crippen molar-refractivity contribution in [2.45, 2.75) is 85.8 Å². The molecular weight excluding hydrogens is 340 g/mol. The summed E-state index contributed by atoms with van der Waals surface area (Å²) in [6, 6.07) is 0. The number of nitrogens with zero attached hydrogens (tertiary/aromatic N) is 1. The van der Waals surface area contributed by atoms with Gasteiger partial charge in [-0.2, -0.15) is 0 Å². The highest BCUT2D eigenvalue weighted by Crippen LogP contribution is 2.49. The lowest BCUT2D eigenvalue weighted by molar-refractivity contribution is -0.873. The largest absolute Gasteiger partial charge is 0.456 e. The van der Waals surface area contributed by atoms with Crippen molar-refractivity contribution in [2.75, 3.05) is 27.7 Å². The van der Waals surface area contributed by atoms with E-state index in [1.807, 2.05) is 35.0 Å². The molecule has 0 spiro atoms. The van der Waals surface area contributed by atoms with Gasteiger partial charge >= 0.3 is 5.97 Å². The van der Waals surface area contributed by atoms with Gasteiger partial charge in [0.05, 0.1) is 33.5 Å². The van der Waals surface area contributed by atoms with Crippen molar-refractivity contribution in [3.8, 4) is 0 Å². The summed E-state index contributed by atoms with van der Waals surface area (Å²) < 4.78 is 6.29. The summed E-state index contributed by atoms with van der Waals surface area (Å²) in [7, 11) is 6.13. The summed E-state index contributed by atoms with van der Waals surface area (Å²) in [5.41, 5.74) is 0.150. The SMILES string of the molecule is CC(C)C(=O)O[C@H](CC(=O)NC1(C)CC(C)(C)CC(C)(C)C1)C[N+](C)(C)C. The van der Waals surface area contributed by atoms with Crippen molar-refractivity contribution in [3.05, 3.63) is 0 Å². The lowest BCUT2D eigenvalue weighted by Gasteiger charge is -2.51. The average molecular weight is 384 g/mol. The minimum absolute atomic E-state index is 0.0268. The second-order valence-electron chi connectivity index (χ2n) is 11.9. The second kappa shape index (κ2) is 8.10. The van der Waals surface area contributed by atoms with Gasteiger partial charge in [0, 0.05) is 5.54 Å². The van der Waals surface area contributed by atoms with Gasteiger partial charge in [0.25, 0.3) is 0 Å². The summed E-state index contributed by atoms with van der Waals surface area (Å²) >= 11 is 0. The Balaban J connectivity index is 2.84. The molecule has 0 radical (unpaired) electrons. The highest BCUT2D eigenvalue weighted by Gasteiger charge is 2.45. The van der Waals surface area contributed by atoms with E-state index in [1.165, 1.54) is 0 Å². The summed E-state index contributed by atoms with van der Waals surface area (Å²) in [5, 5.41) is 3.29. The number of amides is 1. The standard InChI is InChI=1S/C22H42N2O3/c1-16(2)19(26)27-17(12-24(8,9)10)11-18(25)23-22(7)14-20(3,4)13-21(5,6)15-22/h16-17H,11-15H2,1-10H3/p+1/t17-/m1/s1. The quantitative estimate of drug-likeness (QED) is 0.538. The van der Waals surface area contributed by atoms with Crippen LogP contribution >= 0.6 is 0 Å². The van der Waals surface area contributed by atoms with Crippen molar-refractivity contribution in [1.29, 1.82) is 0 Å². The predicted octanol–water partition coefficient (Wildman–Crippen LogP) is 3.76. The lowest BCUT2D eigenvalue weighted by atomic mass is 9.59. The van der Waals surface area contributed by atoms with Gasteiger partial charge in [0.15, 0.2) is 6.10 Å². The van der Waals surface area contributed by atoms with E-state index in [4.69, 9.17) is 4.74 Å². The van der Waals surface area contributed by atoms with Crippen molar-refractivity contribution < 1.29 is 18.8 Å². The number of quaternary nitrogens is 1. The Hall–Kier alpha value is -1.10. The molecule has 27 heavy (non-hydrogen) atoms. The van der Waals surface area contributed by atoms with Crippen LogP contribution in [-0.4, -0.2) is 55.7 Å². The number of esters is 1. The van der Waals surface area contributed by atoms with Gasteiger partial charge in [-0.15, -0.1) is 0 Å². The molecule has 0 aromatic rings. The molecule has 1 rings (SSSR count). The Morgan fingerprint density at radius 3 is 1.85 bits per heavy atom. The van der Waals surface area contributed by atoms with Gasteiger partial charge in [-0.1, -0.05) is 41.5 Å². The zero-order valence-electron chi connectivity index (χ0n) is 19.4. The first kappa shape index (κ1) is 23.9. The van der Waals surface area contributed by atoms with Gasteiger partial charge in [-0.25, -0.2) is 0 Å². The van der Waals surface area contributed by atoms with Crippen LogP contribution in [-0.2, 0) is 14.3 Å². The van der Waals surface area contributed by atoms with Crippen molar-refractivity contribution >= 4 is 11.9 Å². The molecule has 1 N–H and O–H groups in total. The fourth-order valence-electron chi connectivity index (χ4n) is 5.33. The fraction of sp³-hybridized carbons (Fsp3) is 0.909. The zero-order chi connectivity index (χ0) is 21.3. The number of ether oxygens (including phenoxy) is 1. The first-order valence-corrected chi connectivity index (χ1v) is 10.2. The van der Waals surface area contributed by atoms with Crippen molar-refractivity contribution in [1.82, 2.24) is 5.32 Å². The summed E-state index contributed by atoms with van der Waals surface area (Å²) in [5.74, 6) is -0.464. The maximum atomic E-state index is 12.9. The predicted molar refractivity (Wildman–Crippen MR) is 110 cm³/mol. The van der Waals surface area contributed by atoms with Crippen LogP contribution < -0.4 is 5.32 Å². The average Bonchev–Trinajstić information content (AvgIpc) is 2.29. The molecule has 158 valence electrons. The normalized spacial score (nSPS) is 22.2. The Labute approximate surface area is 166 Å². The third-order valence-electron chi connectivity index (χ3n) is 5.05. The van der Waals surface area contributed by atoms with Crippen LogP contribution in [0.3, 0.4) is 0 Å².